The highest BCUT2D eigenvalue weighted by Crippen LogP contribution is 2.34. The van der Waals surface area contributed by atoms with Crippen LogP contribution in [0.5, 0.6) is 0 Å². The molecule has 4 rings (SSSR count). The van der Waals surface area contributed by atoms with Gasteiger partial charge in [-0.05, 0) is 32.2 Å². The zero-order chi connectivity index (χ0) is 17.2. The first-order valence-corrected chi connectivity index (χ1v) is 9.90. The Balaban J connectivity index is 1.38. The van der Waals surface area contributed by atoms with E-state index in [1.54, 1.807) is 0 Å². The van der Waals surface area contributed by atoms with E-state index in [1.807, 2.05) is 10.9 Å². The second-order valence-corrected chi connectivity index (χ2v) is 8.14. The van der Waals surface area contributed by atoms with Crippen molar-refractivity contribution in [2.75, 3.05) is 13.6 Å². The van der Waals surface area contributed by atoms with Gasteiger partial charge in [0, 0.05) is 63.2 Å². The van der Waals surface area contributed by atoms with E-state index in [-0.39, 0.29) is 0 Å². The zero-order valence-corrected chi connectivity index (χ0v) is 15.7. The van der Waals surface area contributed by atoms with Gasteiger partial charge in [0.2, 0.25) is 0 Å². The number of hydrogen-bond donors (Lipinski definition) is 0. The molecule has 3 heterocycles. The Bertz CT molecular complexity index is 695. The molecule has 25 heavy (non-hydrogen) atoms. The first-order chi connectivity index (χ1) is 12.2. The maximum atomic E-state index is 4.83. The summed E-state index contributed by atoms with van der Waals surface area (Å²) in [5.74, 6) is 2.66. The largest absolute Gasteiger partial charge is 0.335 e. The van der Waals surface area contributed by atoms with E-state index < -0.39 is 0 Å². The summed E-state index contributed by atoms with van der Waals surface area (Å²) in [5, 5.41) is 4.83. The van der Waals surface area contributed by atoms with Crippen molar-refractivity contribution in [1.29, 1.82) is 0 Å². The average molecular weight is 342 g/mol. The Morgan fingerprint density at radius 2 is 2.04 bits per heavy atom. The lowest BCUT2D eigenvalue weighted by Crippen LogP contribution is -2.31. The fourth-order valence-corrected chi connectivity index (χ4v) is 4.76. The van der Waals surface area contributed by atoms with Gasteiger partial charge in [0.05, 0.1) is 5.69 Å². The molecular formula is C20H31N5. The van der Waals surface area contributed by atoms with E-state index in [4.69, 9.17) is 5.10 Å². The zero-order valence-electron chi connectivity index (χ0n) is 15.7. The first-order valence-electron chi connectivity index (χ1n) is 9.90. The van der Waals surface area contributed by atoms with Crippen LogP contribution in [0.3, 0.4) is 0 Å². The maximum Gasteiger partial charge on any atom is 0.108 e. The van der Waals surface area contributed by atoms with Gasteiger partial charge in [0.25, 0.3) is 0 Å². The van der Waals surface area contributed by atoms with Gasteiger partial charge in [-0.25, -0.2) is 4.98 Å². The minimum Gasteiger partial charge on any atom is -0.335 e. The van der Waals surface area contributed by atoms with Crippen LogP contribution in [0.2, 0.25) is 0 Å². The Morgan fingerprint density at radius 3 is 2.88 bits per heavy atom. The summed E-state index contributed by atoms with van der Waals surface area (Å²) >= 11 is 0. The second-order valence-electron chi connectivity index (χ2n) is 8.14. The summed E-state index contributed by atoms with van der Waals surface area (Å²) in [7, 11) is 4.33. The van der Waals surface area contributed by atoms with E-state index in [0.29, 0.717) is 5.92 Å². The van der Waals surface area contributed by atoms with Crippen molar-refractivity contribution in [3.05, 3.63) is 35.7 Å². The van der Waals surface area contributed by atoms with Crippen LogP contribution in [0, 0.1) is 5.92 Å². The van der Waals surface area contributed by atoms with Crippen molar-refractivity contribution in [3.63, 3.8) is 0 Å². The Labute approximate surface area is 151 Å². The number of imidazole rings is 1. The van der Waals surface area contributed by atoms with Crippen molar-refractivity contribution in [3.8, 4) is 0 Å². The van der Waals surface area contributed by atoms with E-state index in [9.17, 15) is 0 Å². The van der Waals surface area contributed by atoms with E-state index in [0.717, 1.165) is 32.0 Å². The fraction of sp³-hybridized carbons (Fsp3) is 0.700. The molecule has 0 saturated heterocycles. The molecule has 2 aromatic heterocycles. The average Bonchev–Trinajstić information content (AvgIpc) is 3.21. The standard InChI is InChI=1S/C20H31N5/c1-23(13-16-8-10-25-11-9-21-19(25)12-16)14-18-15-24(2)22-20(18)17-6-4-3-5-7-17/h9,11,15-17H,3-8,10,12-14H2,1-2H3. The highest BCUT2D eigenvalue weighted by Gasteiger charge is 2.24. The van der Waals surface area contributed by atoms with Crippen molar-refractivity contribution >= 4 is 0 Å². The van der Waals surface area contributed by atoms with E-state index in [1.165, 1.54) is 55.6 Å². The summed E-state index contributed by atoms with van der Waals surface area (Å²) in [6.45, 7) is 3.28. The summed E-state index contributed by atoms with van der Waals surface area (Å²) in [5.41, 5.74) is 2.81. The number of hydrogen-bond acceptors (Lipinski definition) is 3. The van der Waals surface area contributed by atoms with E-state index >= 15 is 0 Å². The second kappa shape index (κ2) is 7.32. The molecule has 1 saturated carbocycles. The molecule has 2 aromatic rings. The van der Waals surface area contributed by atoms with Gasteiger partial charge < -0.3 is 9.47 Å². The maximum absolute atomic E-state index is 4.83. The molecule has 0 amide bonds. The van der Waals surface area contributed by atoms with Crippen LogP contribution in [0.4, 0.5) is 0 Å². The smallest absolute Gasteiger partial charge is 0.108 e. The van der Waals surface area contributed by atoms with Gasteiger partial charge in [-0.1, -0.05) is 19.3 Å². The summed E-state index contributed by atoms with van der Waals surface area (Å²) in [4.78, 5) is 7.00. The monoisotopic (exact) mass is 341 g/mol. The van der Waals surface area contributed by atoms with E-state index in [2.05, 4.69) is 40.9 Å². The van der Waals surface area contributed by atoms with Crippen LogP contribution in [0.15, 0.2) is 18.6 Å². The summed E-state index contributed by atoms with van der Waals surface area (Å²) in [6.07, 6.45) is 15.4. The number of aromatic nitrogens is 4. The molecule has 0 spiro atoms. The van der Waals surface area contributed by atoms with Gasteiger partial charge in [0.1, 0.15) is 5.82 Å². The summed E-state index contributed by atoms with van der Waals surface area (Å²) in [6, 6.07) is 0. The topological polar surface area (TPSA) is 38.9 Å². The molecule has 0 aromatic carbocycles. The first kappa shape index (κ1) is 16.8. The molecule has 1 unspecified atom stereocenters. The van der Waals surface area contributed by atoms with Crippen LogP contribution in [0.25, 0.3) is 0 Å². The predicted octanol–water partition coefficient (Wildman–Crippen LogP) is 3.36. The Kier molecular flexibility index (Phi) is 4.93. The molecule has 0 bridgehead atoms. The van der Waals surface area contributed by atoms with Gasteiger partial charge >= 0.3 is 0 Å². The molecular weight excluding hydrogens is 310 g/mol. The van der Waals surface area contributed by atoms with Gasteiger partial charge in [-0.2, -0.15) is 5.10 Å². The van der Waals surface area contributed by atoms with Crippen molar-refractivity contribution < 1.29 is 0 Å². The SMILES string of the molecule is CN(Cc1cn(C)nc1C1CCCCC1)CC1CCn2ccnc2C1. The lowest BCUT2D eigenvalue weighted by atomic mass is 9.85. The molecule has 2 aliphatic rings. The van der Waals surface area contributed by atoms with Crippen LogP contribution >= 0.6 is 0 Å². The molecule has 1 aliphatic carbocycles. The Hall–Kier alpha value is -1.62. The third-order valence-electron chi connectivity index (χ3n) is 5.99. The number of fused-ring (bicyclic) bond motifs is 1. The summed E-state index contributed by atoms with van der Waals surface area (Å²) < 4.78 is 4.32. The predicted molar refractivity (Wildman–Crippen MR) is 99.4 cm³/mol. The number of aryl methyl sites for hydroxylation is 2. The van der Waals surface area contributed by atoms with Crippen molar-refractivity contribution in [2.45, 2.75) is 64.0 Å². The minimum atomic E-state index is 0.681. The Morgan fingerprint density at radius 1 is 1.20 bits per heavy atom. The molecule has 1 atom stereocenters. The number of rotatable bonds is 5. The fourth-order valence-electron chi connectivity index (χ4n) is 4.76. The minimum absolute atomic E-state index is 0.681. The third kappa shape index (κ3) is 3.81. The van der Waals surface area contributed by atoms with Gasteiger partial charge in [-0.3, -0.25) is 4.68 Å². The van der Waals surface area contributed by atoms with Gasteiger partial charge in [0.15, 0.2) is 0 Å². The van der Waals surface area contributed by atoms with Crippen LogP contribution in [-0.2, 0) is 26.6 Å². The van der Waals surface area contributed by atoms with Crippen LogP contribution in [0.1, 0.15) is 61.5 Å². The third-order valence-corrected chi connectivity index (χ3v) is 5.99. The normalized spacial score (nSPS) is 21.6. The van der Waals surface area contributed by atoms with Crippen molar-refractivity contribution in [1.82, 2.24) is 24.2 Å². The molecule has 0 radical (unpaired) electrons. The lowest BCUT2D eigenvalue weighted by Gasteiger charge is -2.28. The van der Waals surface area contributed by atoms with Gasteiger partial charge in [-0.15, -0.1) is 0 Å². The highest BCUT2D eigenvalue weighted by atomic mass is 15.3. The molecule has 1 aliphatic heterocycles. The molecule has 5 heteroatoms. The molecule has 0 N–H and O–H groups in total. The van der Waals surface area contributed by atoms with Crippen molar-refractivity contribution in [2.24, 2.45) is 13.0 Å². The van der Waals surface area contributed by atoms with Crippen LogP contribution < -0.4 is 0 Å². The lowest BCUT2D eigenvalue weighted by molar-refractivity contribution is 0.237. The molecule has 136 valence electrons. The number of nitrogens with zero attached hydrogens (tertiary/aromatic N) is 5. The molecule has 5 nitrogen and oxygen atoms in total. The quantitative estimate of drug-likeness (QED) is 0.837. The molecule has 1 fully saturated rings. The highest BCUT2D eigenvalue weighted by molar-refractivity contribution is 5.21. The van der Waals surface area contributed by atoms with Crippen LogP contribution in [-0.4, -0.2) is 37.8 Å².